The van der Waals surface area contributed by atoms with Crippen molar-refractivity contribution in [2.45, 2.75) is 6.92 Å². The number of carbonyl (C=O) groups is 2. The van der Waals surface area contributed by atoms with Crippen LogP contribution in [0.1, 0.15) is 22.8 Å². The zero-order valence-corrected chi connectivity index (χ0v) is 15.6. The molecule has 0 atom stereocenters. The molecule has 7 nitrogen and oxygen atoms in total. The van der Waals surface area contributed by atoms with Gasteiger partial charge in [0.25, 0.3) is 11.8 Å². The van der Waals surface area contributed by atoms with Gasteiger partial charge in [0, 0.05) is 10.0 Å². The molecule has 0 saturated heterocycles. The molecule has 2 aromatic carbocycles. The molecule has 136 valence electrons. The largest absolute Gasteiger partial charge is 0.504 e. The number of amides is 2. The van der Waals surface area contributed by atoms with E-state index >= 15 is 0 Å². The molecule has 0 unspecified atom stereocenters. The van der Waals surface area contributed by atoms with E-state index in [0.717, 1.165) is 4.47 Å². The highest BCUT2D eigenvalue weighted by Gasteiger charge is 2.08. The van der Waals surface area contributed by atoms with Crippen LogP contribution in [0.25, 0.3) is 0 Å². The Labute approximate surface area is 159 Å². The maximum absolute atomic E-state index is 11.9. The van der Waals surface area contributed by atoms with Gasteiger partial charge >= 0.3 is 0 Å². The third-order valence-corrected chi connectivity index (χ3v) is 3.68. The maximum atomic E-state index is 11.9. The summed E-state index contributed by atoms with van der Waals surface area (Å²) in [5.41, 5.74) is 3.41. The van der Waals surface area contributed by atoms with Gasteiger partial charge in [-0.3, -0.25) is 9.59 Å². The van der Waals surface area contributed by atoms with Crippen molar-refractivity contribution in [3.63, 3.8) is 0 Å². The van der Waals surface area contributed by atoms with Crippen LogP contribution in [0.4, 0.5) is 0 Å². The normalized spacial score (nSPS) is 10.5. The van der Waals surface area contributed by atoms with Gasteiger partial charge in [-0.2, -0.15) is 5.10 Å². The number of halogens is 1. The fourth-order valence-corrected chi connectivity index (χ4v) is 2.39. The van der Waals surface area contributed by atoms with Crippen molar-refractivity contribution in [3.8, 4) is 11.5 Å². The number of phenolic OH excluding ortho intramolecular Hbond substituents is 1. The van der Waals surface area contributed by atoms with E-state index in [1.54, 1.807) is 36.4 Å². The molecule has 0 heterocycles. The van der Waals surface area contributed by atoms with E-state index in [2.05, 4.69) is 31.8 Å². The molecule has 2 amide bonds. The average molecular weight is 420 g/mol. The number of nitrogens with zero attached hydrogens (tertiary/aromatic N) is 1. The van der Waals surface area contributed by atoms with Crippen molar-refractivity contribution >= 4 is 34.0 Å². The van der Waals surface area contributed by atoms with Gasteiger partial charge < -0.3 is 15.2 Å². The van der Waals surface area contributed by atoms with E-state index in [1.165, 1.54) is 12.3 Å². The molecule has 0 fully saturated rings. The van der Waals surface area contributed by atoms with E-state index in [4.69, 9.17) is 4.74 Å². The average Bonchev–Trinajstić information content (AvgIpc) is 2.62. The SMILES string of the molecule is CCOc1cc(/C=N\NC(=O)CNC(=O)c2cccc(Br)c2)ccc1O. The van der Waals surface area contributed by atoms with E-state index in [1.807, 2.05) is 6.92 Å². The van der Waals surface area contributed by atoms with Crippen LogP contribution in [0.15, 0.2) is 52.0 Å². The van der Waals surface area contributed by atoms with E-state index in [9.17, 15) is 14.7 Å². The Morgan fingerprint density at radius 3 is 2.81 bits per heavy atom. The third-order valence-electron chi connectivity index (χ3n) is 3.18. The summed E-state index contributed by atoms with van der Waals surface area (Å²) in [5, 5.41) is 16.0. The van der Waals surface area contributed by atoms with Gasteiger partial charge in [0.15, 0.2) is 11.5 Å². The molecule has 26 heavy (non-hydrogen) atoms. The van der Waals surface area contributed by atoms with E-state index < -0.39 is 5.91 Å². The predicted octanol–water partition coefficient (Wildman–Crippen LogP) is 2.43. The number of benzene rings is 2. The summed E-state index contributed by atoms with van der Waals surface area (Å²) in [6, 6.07) is 11.6. The van der Waals surface area contributed by atoms with Gasteiger partial charge in [0.1, 0.15) is 0 Å². The van der Waals surface area contributed by atoms with Crippen LogP contribution < -0.4 is 15.5 Å². The fourth-order valence-electron chi connectivity index (χ4n) is 1.99. The minimum absolute atomic E-state index is 0.0308. The second-order valence-electron chi connectivity index (χ2n) is 5.15. The topological polar surface area (TPSA) is 100 Å². The number of hydrazone groups is 1. The molecule has 0 aliphatic carbocycles. The van der Waals surface area contributed by atoms with Crippen molar-refractivity contribution in [1.82, 2.24) is 10.7 Å². The summed E-state index contributed by atoms with van der Waals surface area (Å²) in [4.78, 5) is 23.7. The van der Waals surface area contributed by atoms with Crippen LogP contribution in [0.3, 0.4) is 0 Å². The summed E-state index contributed by atoms with van der Waals surface area (Å²) in [7, 11) is 0. The lowest BCUT2D eigenvalue weighted by Gasteiger charge is -2.06. The highest BCUT2D eigenvalue weighted by molar-refractivity contribution is 9.10. The fraction of sp³-hybridized carbons (Fsp3) is 0.167. The first-order valence-electron chi connectivity index (χ1n) is 7.81. The highest BCUT2D eigenvalue weighted by atomic mass is 79.9. The molecule has 0 aromatic heterocycles. The number of phenols is 1. The van der Waals surface area contributed by atoms with Gasteiger partial charge in [-0.15, -0.1) is 0 Å². The molecule has 0 radical (unpaired) electrons. The molecular formula is C18H18BrN3O4. The molecule has 0 aliphatic heterocycles. The number of ether oxygens (including phenoxy) is 1. The minimum atomic E-state index is -0.464. The first-order chi connectivity index (χ1) is 12.5. The molecular weight excluding hydrogens is 402 g/mol. The van der Waals surface area contributed by atoms with Crippen LogP contribution in [-0.4, -0.2) is 36.3 Å². The molecule has 2 aromatic rings. The molecule has 2 rings (SSSR count). The highest BCUT2D eigenvalue weighted by Crippen LogP contribution is 2.26. The second kappa shape index (κ2) is 9.57. The number of hydrogen-bond acceptors (Lipinski definition) is 5. The Kier molecular flexibility index (Phi) is 7.16. The second-order valence-corrected chi connectivity index (χ2v) is 6.06. The van der Waals surface area contributed by atoms with Crippen LogP contribution in [0.5, 0.6) is 11.5 Å². The molecule has 8 heteroatoms. The lowest BCUT2D eigenvalue weighted by molar-refractivity contribution is -0.120. The standard InChI is InChI=1S/C18H18BrN3O4/c1-2-26-16-8-12(6-7-15(16)23)10-21-22-17(24)11-20-18(25)13-4-3-5-14(19)9-13/h3-10,23H,2,11H2,1H3,(H,20,25)(H,22,24)/b21-10-. The lowest BCUT2D eigenvalue weighted by Crippen LogP contribution is -2.34. The van der Waals surface area contributed by atoms with Crippen LogP contribution in [0.2, 0.25) is 0 Å². The number of nitrogens with one attached hydrogen (secondary N) is 2. The molecule has 0 saturated carbocycles. The predicted molar refractivity (Wildman–Crippen MR) is 101 cm³/mol. The summed E-state index contributed by atoms with van der Waals surface area (Å²) in [5.74, 6) is -0.453. The van der Waals surface area contributed by atoms with Gasteiger partial charge in [-0.25, -0.2) is 5.43 Å². The Morgan fingerprint density at radius 1 is 1.27 bits per heavy atom. The van der Waals surface area contributed by atoms with Crippen LogP contribution >= 0.6 is 15.9 Å². The Balaban J connectivity index is 1.84. The summed E-state index contributed by atoms with van der Waals surface area (Å²) in [6.45, 7) is 2.02. The van der Waals surface area contributed by atoms with E-state index in [0.29, 0.717) is 23.5 Å². The van der Waals surface area contributed by atoms with Crippen LogP contribution in [-0.2, 0) is 4.79 Å². The van der Waals surface area contributed by atoms with Gasteiger partial charge in [-0.1, -0.05) is 22.0 Å². The summed E-state index contributed by atoms with van der Waals surface area (Å²) in [6.07, 6.45) is 1.41. The van der Waals surface area contributed by atoms with E-state index in [-0.39, 0.29) is 18.2 Å². The monoisotopic (exact) mass is 419 g/mol. The Bertz CT molecular complexity index is 824. The summed E-state index contributed by atoms with van der Waals surface area (Å²) < 4.78 is 6.05. The Morgan fingerprint density at radius 2 is 2.08 bits per heavy atom. The Hall–Kier alpha value is -2.87. The smallest absolute Gasteiger partial charge is 0.259 e. The first-order valence-corrected chi connectivity index (χ1v) is 8.60. The van der Waals surface area contributed by atoms with Crippen molar-refractivity contribution in [2.24, 2.45) is 5.10 Å². The van der Waals surface area contributed by atoms with Crippen molar-refractivity contribution in [1.29, 1.82) is 0 Å². The van der Waals surface area contributed by atoms with Crippen molar-refractivity contribution in [3.05, 3.63) is 58.1 Å². The van der Waals surface area contributed by atoms with Crippen LogP contribution in [0, 0.1) is 0 Å². The third kappa shape index (κ3) is 5.89. The molecule has 3 N–H and O–H groups in total. The molecule has 0 bridgehead atoms. The van der Waals surface area contributed by atoms with Gasteiger partial charge in [0.05, 0.1) is 19.4 Å². The number of aromatic hydroxyl groups is 1. The molecule has 0 spiro atoms. The zero-order chi connectivity index (χ0) is 18.9. The maximum Gasteiger partial charge on any atom is 0.259 e. The van der Waals surface area contributed by atoms with Gasteiger partial charge in [-0.05, 0) is 48.9 Å². The number of rotatable bonds is 7. The van der Waals surface area contributed by atoms with Crippen molar-refractivity contribution in [2.75, 3.05) is 13.2 Å². The molecule has 0 aliphatic rings. The minimum Gasteiger partial charge on any atom is -0.504 e. The lowest BCUT2D eigenvalue weighted by atomic mass is 10.2. The summed E-state index contributed by atoms with van der Waals surface area (Å²) >= 11 is 3.28. The quantitative estimate of drug-likeness (QED) is 0.473. The van der Waals surface area contributed by atoms with Crippen molar-refractivity contribution < 1.29 is 19.4 Å². The van der Waals surface area contributed by atoms with Gasteiger partial charge in [0.2, 0.25) is 0 Å². The number of hydrogen-bond donors (Lipinski definition) is 3. The first kappa shape index (κ1) is 19.5. The number of carbonyl (C=O) groups excluding carboxylic acids is 2. The zero-order valence-electron chi connectivity index (χ0n) is 14.0.